The van der Waals surface area contributed by atoms with Crippen molar-refractivity contribution in [2.45, 2.75) is 0 Å². The van der Waals surface area contributed by atoms with E-state index in [1.54, 1.807) is 35.5 Å². The first-order valence-corrected chi connectivity index (χ1v) is 8.86. The number of para-hydroxylation sites is 1. The number of carbonyl (C=O) groups is 1. The Morgan fingerprint density at radius 1 is 1.24 bits per heavy atom. The minimum atomic E-state index is -0.237. The highest BCUT2D eigenvalue weighted by molar-refractivity contribution is 9.10. The van der Waals surface area contributed by atoms with Gasteiger partial charge in [0.25, 0.3) is 0 Å². The minimum absolute atomic E-state index is 0.110. The van der Waals surface area contributed by atoms with Crippen LogP contribution in [0.2, 0.25) is 10.0 Å². The fourth-order valence-corrected chi connectivity index (χ4v) is 3.21. The van der Waals surface area contributed by atoms with Gasteiger partial charge in [-0.05, 0) is 40.2 Å². The molecule has 0 spiro atoms. The lowest BCUT2D eigenvalue weighted by atomic mass is 10.2. The molecule has 3 aromatic rings. The highest BCUT2D eigenvalue weighted by Crippen LogP contribution is 2.30. The van der Waals surface area contributed by atoms with Gasteiger partial charge < -0.3 is 10.2 Å². The van der Waals surface area contributed by atoms with Gasteiger partial charge >= 0.3 is 0 Å². The summed E-state index contributed by atoms with van der Waals surface area (Å²) in [6, 6.07) is 8.76. The molecule has 5 nitrogen and oxygen atoms in total. The van der Waals surface area contributed by atoms with Crippen molar-refractivity contribution in [3.05, 3.63) is 57.2 Å². The molecule has 2 aromatic heterocycles. The Labute approximate surface area is 163 Å². The third-order valence-electron chi connectivity index (χ3n) is 3.54. The predicted octanol–water partition coefficient (Wildman–Crippen LogP) is 4.77. The fraction of sp³-hybridized carbons (Fsp3) is 0.118. The Hall–Kier alpha value is -1.89. The molecule has 0 saturated carbocycles. The molecule has 1 N–H and O–H groups in total. The Kier molecular flexibility index (Phi) is 5.42. The molecular weight excluding hydrogens is 427 g/mol. The molecule has 0 aliphatic carbocycles. The van der Waals surface area contributed by atoms with Gasteiger partial charge in [0.2, 0.25) is 5.91 Å². The standard InChI is InChI=1S/C17H13BrCl2N4O/c1-24(9-15(25)23-16-11(19)3-2-4-12(16)20)14-5-6-21-13-7-10(18)8-22-17(13)14/h2-8H,9H2,1H3,(H,23,25). The van der Waals surface area contributed by atoms with Crippen molar-refractivity contribution in [3.63, 3.8) is 0 Å². The molecule has 1 aromatic carbocycles. The molecule has 1 amide bonds. The number of pyridine rings is 2. The number of hydrogen-bond donors (Lipinski definition) is 1. The highest BCUT2D eigenvalue weighted by Gasteiger charge is 2.14. The van der Waals surface area contributed by atoms with E-state index in [1.165, 1.54) is 0 Å². The number of benzene rings is 1. The third-order valence-corrected chi connectivity index (χ3v) is 4.61. The maximum atomic E-state index is 12.4. The molecule has 0 radical (unpaired) electrons. The van der Waals surface area contributed by atoms with Crippen molar-refractivity contribution in [2.75, 3.05) is 23.8 Å². The van der Waals surface area contributed by atoms with E-state index in [4.69, 9.17) is 23.2 Å². The first-order valence-electron chi connectivity index (χ1n) is 7.31. The molecule has 0 bridgehead atoms. The number of halogens is 3. The molecule has 0 saturated heterocycles. The van der Waals surface area contributed by atoms with E-state index in [0.717, 1.165) is 21.2 Å². The van der Waals surface area contributed by atoms with Gasteiger partial charge in [-0.3, -0.25) is 14.8 Å². The Morgan fingerprint density at radius 2 is 1.96 bits per heavy atom. The number of rotatable bonds is 4. The second-order valence-corrected chi connectivity index (χ2v) is 7.08. The van der Waals surface area contributed by atoms with E-state index < -0.39 is 0 Å². The fourth-order valence-electron chi connectivity index (χ4n) is 2.40. The van der Waals surface area contributed by atoms with Gasteiger partial charge in [0.05, 0.1) is 33.5 Å². The van der Waals surface area contributed by atoms with Crippen LogP contribution in [0.3, 0.4) is 0 Å². The molecule has 128 valence electrons. The lowest BCUT2D eigenvalue weighted by Crippen LogP contribution is -2.30. The topological polar surface area (TPSA) is 58.1 Å². The van der Waals surface area contributed by atoms with Crippen LogP contribution in [-0.2, 0) is 4.79 Å². The predicted molar refractivity (Wildman–Crippen MR) is 106 cm³/mol. The summed E-state index contributed by atoms with van der Waals surface area (Å²) in [7, 11) is 1.81. The van der Waals surface area contributed by atoms with E-state index in [9.17, 15) is 4.79 Å². The first kappa shape index (κ1) is 17.9. The van der Waals surface area contributed by atoms with Crippen LogP contribution in [0, 0.1) is 0 Å². The number of anilines is 2. The van der Waals surface area contributed by atoms with E-state index in [1.807, 2.05) is 19.2 Å². The molecule has 25 heavy (non-hydrogen) atoms. The van der Waals surface area contributed by atoms with Crippen LogP contribution in [-0.4, -0.2) is 29.5 Å². The van der Waals surface area contributed by atoms with Gasteiger partial charge in [-0.15, -0.1) is 0 Å². The van der Waals surface area contributed by atoms with Crippen LogP contribution in [0.1, 0.15) is 0 Å². The Balaban J connectivity index is 1.80. The van der Waals surface area contributed by atoms with Gasteiger partial charge in [0.1, 0.15) is 5.52 Å². The summed E-state index contributed by atoms with van der Waals surface area (Å²) in [4.78, 5) is 22.9. The lowest BCUT2D eigenvalue weighted by molar-refractivity contribution is -0.114. The number of hydrogen-bond acceptors (Lipinski definition) is 4. The summed E-state index contributed by atoms with van der Waals surface area (Å²) >= 11 is 15.5. The number of amides is 1. The highest BCUT2D eigenvalue weighted by atomic mass is 79.9. The van der Waals surface area contributed by atoms with Crippen molar-refractivity contribution in [3.8, 4) is 0 Å². The molecule has 3 rings (SSSR count). The smallest absolute Gasteiger partial charge is 0.243 e. The first-order chi connectivity index (χ1) is 12.0. The van der Waals surface area contributed by atoms with Crippen molar-refractivity contribution < 1.29 is 4.79 Å². The van der Waals surface area contributed by atoms with E-state index >= 15 is 0 Å². The van der Waals surface area contributed by atoms with Gasteiger partial charge in [0.15, 0.2) is 0 Å². The van der Waals surface area contributed by atoms with Crippen LogP contribution < -0.4 is 10.2 Å². The van der Waals surface area contributed by atoms with Crippen LogP contribution in [0.15, 0.2) is 47.2 Å². The maximum absolute atomic E-state index is 12.4. The average molecular weight is 440 g/mol. The number of likely N-dealkylation sites (N-methyl/N-ethyl adjacent to an activating group) is 1. The zero-order valence-corrected chi connectivity index (χ0v) is 16.2. The zero-order chi connectivity index (χ0) is 18.0. The molecule has 0 aliphatic heterocycles. The molecule has 8 heteroatoms. The zero-order valence-electron chi connectivity index (χ0n) is 13.1. The van der Waals surface area contributed by atoms with Gasteiger partial charge in [-0.2, -0.15) is 0 Å². The van der Waals surface area contributed by atoms with Crippen LogP contribution in [0.4, 0.5) is 11.4 Å². The number of aromatic nitrogens is 2. The second kappa shape index (κ2) is 7.56. The van der Waals surface area contributed by atoms with Gasteiger partial charge in [-0.1, -0.05) is 29.3 Å². The third kappa shape index (κ3) is 4.03. The van der Waals surface area contributed by atoms with Crippen LogP contribution in [0.25, 0.3) is 11.0 Å². The summed E-state index contributed by atoms with van der Waals surface area (Å²) in [6.07, 6.45) is 3.38. The van der Waals surface area contributed by atoms with Crippen molar-refractivity contribution in [2.24, 2.45) is 0 Å². The van der Waals surface area contributed by atoms with E-state index in [2.05, 4.69) is 31.2 Å². The summed E-state index contributed by atoms with van der Waals surface area (Å²) in [5.74, 6) is -0.237. The number of nitrogens with zero attached hydrogens (tertiary/aromatic N) is 3. The van der Waals surface area contributed by atoms with E-state index in [-0.39, 0.29) is 12.5 Å². The second-order valence-electron chi connectivity index (χ2n) is 5.35. The summed E-state index contributed by atoms with van der Waals surface area (Å²) in [6.45, 7) is 0.110. The van der Waals surface area contributed by atoms with Crippen molar-refractivity contribution in [1.29, 1.82) is 0 Å². The molecule has 0 atom stereocenters. The molecule has 0 unspecified atom stereocenters. The van der Waals surface area contributed by atoms with Gasteiger partial charge in [-0.25, -0.2) is 0 Å². The van der Waals surface area contributed by atoms with Crippen LogP contribution in [0.5, 0.6) is 0 Å². The van der Waals surface area contributed by atoms with Crippen LogP contribution >= 0.6 is 39.1 Å². The monoisotopic (exact) mass is 438 g/mol. The SMILES string of the molecule is CN(CC(=O)Nc1c(Cl)cccc1Cl)c1ccnc2cc(Br)cnc12. The van der Waals surface area contributed by atoms with Crippen molar-refractivity contribution >= 4 is 67.4 Å². The van der Waals surface area contributed by atoms with Crippen molar-refractivity contribution in [1.82, 2.24) is 9.97 Å². The summed E-state index contributed by atoms with van der Waals surface area (Å²) in [5, 5.41) is 3.53. The molecule has 0 aliphatic rings. The quantitative estimate of drug-likeness (QED) is 0.635. The normalized spacial score (nSPS) is 10.7. The summed E-state index contributed by atoms with van der Waals surface area (Å²) in [5.41, 5.74) is 2.67. The molecular formula is C17H13BrCl2N4O. The molecule has 2 heterocycles. The number of nitrogens with one attached hydrogen (secondary N) is 1. The average Bonchev–Trinajstić information content (AvgIpc) is 2.57. The van der Waals surface area contributed by atoms with Gasteiger partial charge in [0, 0.05) is 23.9 Å². The van der Waals surface area contributed by atoms with E-state index in [0.29, 0.717) is 15.7 Å². The Morgan fingerprint density at radius 3 is 2.68 bits per heavy atom. The minimum Gasteiger partial charge on any atom is -0.363 e. The summed E-state index contributed by atoms with van der Waals surface area (Å²) < 4.78 is 0.846. The molecule has 0 fully saturated rings. The number of carbonyl (C=O) groups excluding carboxylic acids is 1. The lowest BCUT2D eigenvalue weighted by Gasteiger charge is -2.20. The largest absolute Gasteiger partial charge is 0.363 e. The maximum Gasteiger partial charge on any atom is 0.243 e. The number of fused-ring (bicyclic) bond motifs is 1. The Bertz CT molecular complexity index is 931.